The number of hydrogen-bond donors (Lipinski definition) is 2. The van der Waals surface area contributed by atoms with E-state index in [0.29, 0.717) is 22.3 Å². The van der Waals surface area contributed by atoms with Gasteiger partial charge >= 0.3 is 6.18 Å². The topological polar surface area (TPSA) is 79.8 Å². The molecule has 1 amide bonds. The number of hydrogen-bond acceptors (Lipinski definition) is 6. The minimum atomic E-state index is -4.47. The molecule has 0 unspecified atom stereocenters. The van der Waals surface area contributed by atoms with Crippen molar-refractivity contribution in [1.82, 2.24) is 20.3 Å². The molecular formula is C16H12F3N5OS. The van der Waals surface area contributed by atoms with Crippen molar-refractivity contribution in [3.8, 4) is 11.4 Å². The Morgan fingerprint density at radius 1 is 1.12 bits per heavy atom. The van der Waals surface area contributed by atoms with Gasteiger partial charge in [-0.15, -0.1) is 11.3 Å². The maximum absolute atomic E-state index is 12.2. The van der Waals surface area contributed by atoms with Crippen LogP contribution in [0, 0.1) is 0 Å². The highest BCUT2D eigenvalue weighted by molar-refractivity contribution is 7.14. The number of rotatable bonds is 5. The Hall–Kier alpha value is -3.01. The van der Waals surface area contributed by atoms with Gasteiger partial charge in [0.1, 0.15) is 18.1 Å². The lowest BCUT2D eigenvalue weighted by Crippen LogP contribution is -2.33. The predicted octanol–water partition coefficient (Wildman–Crippen LogP) is 3.64. The molecule has 3 rings (SSSR count). The molecule has 0 fully saturated rings. The predicted molar refractivity (Wildman–Crippen MR) is 91.3 cm³/mol. The Bertz CT molecular complexity index is 898. The van der Waals surface area contributed by atoms with E-state index in [1.54, 1.807) is 12.3 Å². The molecule has 10 heteroatoms. The summed E-state index contributed by atoms with van der Waals surface area (Å²) in [7, 11) is 0. The van der Waals surface area contributed by atoms with Crippen LogP contribution in [0.3, 0.4) is 0 Å². The van der Waals surface area contributed by atoms with Crippen LogP contribution < -0.4 is 10.6 Å². The monoisotopic (exact) mass is 379 g/mol. The molecule has 134 valence electrons. The second kappa shape index (κ2) is 7.48. The summed E-state index contributed by atoms with van der Waals surface area (Å²) in [6.07, 6.45) is -1.48. The molecule has 3 aromatic rings. The van der Waals surface area contributed by atoms with Gasteiger partial charge in [0.25, 0.3) is 5.91 Å². The average molecular weight is 379 g/mol. The molecule has 0 radical (unpaired) electrons. The smallest absolute Gasteiger partial charge is 0.343 e. The average Bonchev–Trinajstić information content (AvgIpc) is 3.08. The zero-order valence-electron chi connectivity index (χ0n) is 13.1. The van der Waals surface area contributed by atoms with Crippen molar-refractivity contribution < 1.29 is 18.0 Å². The second-order valence-electron chi connectivity index (χ2n) is 5.11. The summed E-state index contributed by atoms with van der Waals surface area (Å²) in [6.45, 7) is -1.39. The van der Waals surface area contributed by atoms with Crippen molar-refractivity contribution in [3.05, 3.63) is 53.7 Å². The van der Waals surface area contributed by atoms with Gasteiger partial charge in [0.15, 0.2) is 5.13 Å². The van der Waals surface area contributed by atoms with Crippen molar-refractivity contribution in [1.29, 1.82) is 0 Å². The van der Waals surface area contributed by atoms with Gasteiger partial charge in [0.2, 0.25) is 0 Å². The van der Waals surface area contributed by atoms with Gasteiger partial charge in [-0.3, -0.25) is 9.78 Å². The van der Waals surface area contributed by atoms with Gasteiger partial charge in [-0.2, -0.15) is 13.2 Å². The van der Waals surface area contributed by atoms with E-state index in [1.807, 2.05) is 22.8 Å². The van der Waals surface area contributed by atoms with Gasteiger partial charge in [0.05, 0.1) is 5.69 Å². The minimum Gasteiger partial charge on any atom is -0.343 e. The Kier molecular flexibility index (Phi) is 5.12. The molecule has 0 spiro atoms. The van der Waals surface area contributed by atoms with Crippen LogP contribution in [-0.4, -0.2) is 33.6 Å². The Morgan fingerprint density at radius 3 is 2.69 bits per heavy atom. The lowest BCUT2D eigenvalue weighted by atomic mass is 10.2. The molecule has 0 saturated carbocycles. The van der Waals surface area contributed by atoms with Crippen molar-refractivity contribution in [2.24, 2.45) is 0 Å². The first-order chi connectivity index (χ1) is 12.4. The number of aromatic nitrogens is 3. The van der Waals surface area contributed by atoms with Crippen LogP contribution in [0.4, 0.5) is 24.1 Å². The number of pyridine rings is 2. The molecule has 3 aromatic heterocycles. The highest BCUT2D eigenvalue weighted by atomic mass is 32.1. The summed E-state index contributed by atoms with van der Waals surface area (Å²) in [5.41, 5.74) is 1.45. The molecule has 0 aliphatic carbocycles. The standard InChI is InChI=1S/C16H12F3N5OS/c17-16(18,19)9-22-14(25)10-4-6-21-13(7-10)24-15-23-12(8-26-15)11-3-1-2-5-20-11/h1-8H,9H2,(H,22,25)(H,21,23,24). The fraction of sp³-hybridized carbons (Fsp3) is 0.125. The summed E-state index contributed by atoms with van der Waals surface area (Å²) in [4.78, 5) is 24.4. The van der Waals surface area contributed by atoms with Gasteiger partial charge in [-0.25, -0.2) is 9.97 Å². The molecule has 26 heavy (non-hydrogen) atoms. The molecule has 6 nitrogen and oxygen atoms in total. The van der Waals surface area contributed by atoms with E-state index in [9.17, 15) is 18.0 Å². The van der Waals surface area contributed by atoms with Gasteiger partial charge < -0.3 is 10.6 Å². The summed E-state index contributed by atoms with van der Waals surface area (Å²) < 4.78 is 36.6. The van der Waals surface area contributed by atoms with Crippen LogP contribution in [0.15, 0.2) is 48.1 Å². The minimum absolute atomic E-state index is 0.0632. The first-order valence-electron chi connectivity index (χ1n) is 7.36. The second-order valence-corrected chi connectivity index (χ2v) is 5.96. The first-order valence-corrected chi connectivity index (χ1v) is 8.24. The Balaban J connectivity index is 1.69. The van der Waals surface area contributed by atoms with Crippen molar-refractivity contribution in [2.45, 2.75) is 6.18 Å². The zero-order chi connectivity index (χ0) is 18.6. The molecular weight excluding hydrogens is 367 g/mol. The third-order valence-corrected chi connectivity index (χ3v) is 3.90. The fourth-order valence-electron chi connectivity index (χ4n) is 2.00. The van der Waals surface area contributed by atoms with E-state index in [4.69, 9.17) is 0 Å². The fourth-order valence-corrected chi connectivity index (χ4v) is 2.71. The SMILES string of the molecule is O=C(NCC(F)(F)F)c1ccnc(Nc2nc(-c3ccccn3)cs2)c1. The number of thiazole rings is 1. The molecule has 0 bridgehead atoms. The van der Waals surface area contributed by atoms with E-state index in [0.717, 1.165) is 0 Å². The summed E-state index contributed by atoms with van der Waals surface area (Å²) in [5, 5.41) is 7.07. The Labute approximate surface area is 150 Å². The molecule has 0 aliphatic rings. The zero-order valence-corrected chi connectivity index (χ0v) is 13.9. The van der Waals surface area contributed by atoms with Crippen molar-refractivity contribution in [2.75, 3.05) is 11.9 Å². The van der Waals surface area contributed by atoms with Crippen LogP contribution in [0.2, 0.25) is 0 Å². The lowest BCUT2D eigenvalue weighted by Gasteiger charge is -2.09. The maximum atomic E-state index is 12.2. The molecule has 2 N–H and O–H groups in total. The first kappa shape index (κ1) is 17.8. The molecule has 0 saturated heterocycles. The van der Waals surface area contributed by atoms with Crippen LogP contribution in [-0.2, 0) is 0 Å². The van der Waals surface area contributed by atoms with Gasteiger partial charge in [0, 0.05) is 23.3 Å². The summed E-state index contributed by atoms with van der Waals surface area (Å²) in [6, 6.07) is 8.15. The highest BCUT2D eigenvalue weighted by Crippen LogP contribution is 2.25. The molecule has 3 heterocycles. The number of alkyl halides is 3. The summed E-state index contributed by atoms with van der Waals surface area (Å²) in [5.74, 6) is -0.535. The largest absolute Gasteiger partial charge is 0.405 e. The van der Waals surface area contributed by atoms with E-state index in [-0.39, 0.29) is 5.56 Å². The number of amides is 1. The Morgan fingerprint density at radius 2 is 1.96 bits per heavy atom. The van der Waals surface area contributed by atoms with Crippen LogP contribution in [0.1, 0.15) is 10.4 Å². The number of halogens is 3. The van der Waals surface area contributed by atoms with Crippen molar-refractivity contribution >= 4 is 28.2 Å². The molecule has 0 aliphatic heterocycles. The number of nitrogens with one attached hydrogen (secondary N) is 2. The van der Waals surface area contributed by atoms with Crippen LogP contribution in [0.5, 0.6) is 0 Å². The van der Waals surface area contributed by atoms with E-state index < -0.39 is 18.6 Å². The van der Waals surface area contributed by atoms with E-state index in [1.165, 1.54) is 29.7 Å². The van der Waals surface area contributed by atoms with Gasteiger partial charge in [-0.1, -0.05) is 6.07 Å². The van der Waals surface area contributed by atoms with E-state index in [2.05, 4.69) is 20.3 Å². The number of nitrogens with zero attached hydrogens (tertiary/aromatic N) is 3. The highest BCUT2D eigenvalue weighted by Gasteiger charge is 2.27. The number of carbonyl (C=O) groups is 1. The lowest BCUT2D eigenvalue weighted by molar-refractivity contribution is -0.123. The van der Waals surface area contributed by atoms with Crippen molar-refractivity contribution in [3.63, 3.8) is 0 Å². The van der Waals surface area contributed by atoms with Crippen LogP contribution >= 0.6 is 11.3 Å². The molecule has 0 atom stereocenters. The normalized spacial score (nSPS) is 11.2. The maximum Gasteiger partial charge on any atom is 0.405 e. The number of anilines is 2. The molecule has 0 aromatic carbocycles. The number of carbonyl (C=O) groups excluding carboxylic acids is 1. The van der Waals surface area contributed by atoms with Gasteiger partial charge in [-0.05, 0) is 24.3 Å². The van der Waals surface area contributed by atoms with Crippen LogP contribution in [0.25, 0.3) is 11.4 Å². The quantitative estimate of drug-likeness (QED) is 0.708. The summed E-state index contributed by atoms with van der Waals surface area (Å²) >= 11 is 1.32. The van der Waals surface area contributed by atoms with E-state index >= 15 is 0 Å². The third kappa shape index (κ3) is 4.76. The third-order valence-electron chi connectivity index (χ3n) is 3.14.